The second-order valence-corrected chi connectivity index (χ2v) is 5.07. The van der Waals surface area contributed by atoms with Crippen molar-refractivity contribution >= 4 is 33.5 Å². The van der Waals surface area contributed by atoms with E-state index in [0.29, 0.717) is 28.1 Å². The number of aromatic amines is 1. The lowest BCUT2D eigenvalue weighted by atomic mass is 10.0. The molecule has 2 aromatic heterocycles. The predicted octanol–water partition coefficient (Wildman–Crippen LogP) is 3.39. The number of hydrogen-bond donors (Lipinski definition) is 1. The molecule has 0 radical (unpaired) electrons. The van der Waals surface area contributed by atoms with Crippen LogP contribution in [0.25, 0.3) is 22.2 Å². The van der Waals surface area contributed by atoms with Crippen LogP contribution < -0.4 is 0 Å². The Morgan fingerprint density at radius 1 is 1.24 bits per heavy atom. The number of carbonyl (C=O) groups is 2. The maximum Gasteiger partial charge on any atom is 0.293 e. The van der Waals surface area contributed by atoms with Crippen LogP contribution in [0.3, 0.4) is 0 Å². The fourth-order valence-electron chi connectivity index (χ4n) is 2.50. The van der Waals surface area contributed by atoms with Crippen molar-refractivity contribution in [2.45, 2.75) is 13.8 Å². The number of para-hydroxylation sites is 1. The first-order valence-electron chi connectivity index (χ1n) is 6.28. The van der Waals surface area contributed by atoms with E-state index in [4.69, 9.17) is 16.1 Å². The lowest BCUT2D eigenvalue weighted by Gasteiger charge is -2.01. The van der Waals surface area contributed by atoms with E-state index in [1.165, 1.54) is 0 Å². The van der Waals surface area contributed by atoms with Gasteiger partial charge in [0, 0.05) is 10.9 Å². The van der Waals surface area contributed by atoms with E-state index in [0.717, 1.165) is 5.52 Å². The van der Waals surface area contributed by atoms with Gasteiger partial charge in [0.1, 0.15) is 5.76 Å². The van der Waals surface area contributed by atoms with Crippen LogP contribution in [0.1, 0.15) is 21.8 Å². The monoisotopic (exact) mass is 302 g/mol. The Morgan fingerprint density at radius 2 is 1.95 bits per heavy atom. The third-order valence-corrected chi connectivity index (χ3v) is 3.57. The zero-order chi connectivity index (χ0) is 15.1. The molecule has 106 valence electrons. The van der Waals surface area contributed by atoms with Crippen molar-refractivity contribution < 1.29 is 14.1 Å². The molecule has 5 nitrogen and oxygen atoms in total. The zero-order valence-corrected chi connectivity index (χ0v) is 12.1. The lowest BCUT2D eigenvalue weighted by molar-refractivity contribution is -0.108. The van der Waals surface area contributed by atoms with Gasteiger partial charge in [-0.25, -0.2) is 0 Å². The number of nitrogens with one attached hydrogen (secondary N) is 1. The molecule has 6 heteroatoms. The molecule has 0 atom stereocenters. The van der Waals surface area contributed by atoms with Crippen molar-refractivity contribution in [1.82, 2.24) is 10.1 Å². The summed E-state index contributed by atoms with van der Waals surface area (Å²) in [5.74, 6) is -0.181. The van der Waals surface area contributed by atoms with Crippen LogP contribution in [0.5, 0.6) is 0 Å². The minimum Gasteiger partial charge on any atom is -0.361 e. The largest absolute Gasteiger partial charge is 0.361 e. The van der Waals surface area contributed by atoms with Gasteiger partial charge in [-0.3, -0.25) is 9.59 Å². The number of nitrogens with zero attached hydrogens (tertiary/aromatic N) is 1. The molecule has 0 fully saturated rings. The third kappa shape index (κ3) is 2.06. The Kier molecular flexibility index (Phi) is 3.14. The number of hydrogen-bond acceptors (Lipinski definition) is 4. The zero-order valence-electron chi connectivity index (χ0n) is 11.4. The highest BCUT2D eigenvalue weighted by Gasteiger charge is 2.26. The number of benzene rings is 1. The molecular weight excluding hydrogens is 292 g/mol. The predicted molar refractivity (Wildman–Crippen MR) is 78.5 cm³/mol. The SMILES string of the molecule is Cc1noc(C)c1-c1[nH]c2ccccc2c1C(=O)C(=O)Cl. The van der Waals surface area contributed by atoms with Crippen LogP contribution in [0.2, 0.25) is 0 Å². The van der Waals surface area contributed by atoms with E-state index < -0.39 is 11.0 Å². The topological polar surface area (TPSA) is 76.0 Å². The molecule has 0 aliphatic heterocycles. The molecule has 1 aromatic carbocycles. The molecule has 0 saturated heterocycles. The molecule has 3 aromatic rings. The summed E-state index contributed by atoms with van der Waals surface area (Å²) in [4.78, 5) is 26.7. The molecule has 1 N–H and O–H groups in total. The van der Waals surface area contributed by atoms with Crippen LogP contribution >= 0.6 is 11.6 Å². The standard InChI is InChI=1S/C15H11ClN2O3/c1-7-11(8(2)21-18-7)13-12(14(19)15(16)20)9-5-3-4-6-10(9)17-13/h3-6,17H,1-2H3. The number of rotatable bonds is 3. The first-order valence-corrected chi connectivity index (χ1v) is 6.66. The summed E-state index contributed by atoms with van der Waals surface area (Å²) in [5, 5.41) is 3.51. The van der Waals surface area contributed by atoms with E-state index in [-0.39, 0.29) is 5.56 Å². The Morgan fingerprint density at radius 3 is 2.57 bits per heavy atom. The Labute approximate surface area is 124 Å². The van der Waals surface area contributed by atoms with Crippen molar-refractivity contribution in [2.75, 3.05) is 0 Å². The molecule has 0 aliphatic rings. The van der Waals surface area contributed by atoms with Crippen LogP contribution in [0, 0.1) is 13.8 Å². The Hall–Kier alpha value is -2.40. The van der Waals surface area contributed by atoms with E-state index in [9.17, 15) is 9.59 Å². The summed E-state index contributed by atoms with van der Waals surface area (Å²) in [6.07, 6.45) is 0. The quantitative estimate of drug-likeness (QED) is 0.457. The summed E-state index contributed by atoms with van der Waals surface area (Å²) < 4.78 is 5.14. The molecular formula is C15H11ClN2O3. The van der Waals surface area contributed by atoms with Gasteiger partial charge in [0.15, 0.2) is 0 Å². The van der Waals surface area contributed by atoms with E-state index in [1.54, 1.807) is 26.0 Å². The van der Waals surface area contributed by atoms with Gasteiger partial charge >= 0.3 is 0 Å². The van der Waals surface area contributed by atoms with E-state index in [1.807, 2.05) is 12.1 Å². The van der Waals surface area contributed by atoms with Gasteiger partial charge in [-0.05, 0) is 31.5 Å². The molecule has 0 spiro atoms. The highest BCUT2D eigenvalue weighted by atomic mass is 35.5. The second-order valence-electron chi connectivity index (χ2n) is 4.72. The number of halogens is 1. The fourth-order valence-corrected chi connectivity index (χ4v) is 2.60. The molecule has 0 unspecified atom stereocenters. The van der Waals surface area contributed by atoms with Crippen LogP contribution in [-0.4, -0.2) is 21.2 Å². The number of fused-ring (bicyclic) bond motifs is 1. The molecule has 0 aliphatic carbocycles. The van der Waals surface area contributed by atoms with Gasteiger partial charge in [0.05, 0.1) is 22.5 Å². The summed E-state index contributed by atoms with van der Waals surface area (Å²) in [7, 11) is 0. The van der Waals surface area contributed by atoms with Crippen molar-refractivity contribution in [1.29, 1.82) is 0 Å². The number of H-pyrrole nitrogens is 1. The minimum atomic E-state index is -1.02. The minimum absolute atomic E-state index is 0.250. The van der Waals surface area contributed by atoms with Crippen LogP contribution in [0.15, 0.2) is 28.8 Å². The van der Waals surface area contributed by atoms with Crippen molar-refractivity contribution in [3.8, 4) is 11.3 Å². The second kappa shape index (κ2) is 4.86. The smallest absolute Gasteiger partial charge is 0.293 e. The number of aryl methyl sites for hydroxylation is 2. The number of ketones is 1. The van der Waals surface area contributed by atoms with Gasteiger partial charge in [0.2, 0.25) is 5.78 Å². The average Bonchev–Trinajstić information content (AvgIpc) is 2.98. The normalized spacial score (nSPS) is 11.0. The van der Waals surface area contributed by atoms with Gasteiger partial charge in [-0.1, -0.05) is 23.4 Å². The Bertz CT molecular complexity index is 857. The first-order chi connectivity index (χ1) is 10.0. The molecule has 3 rings (SSSR count). The molecule has 0 amide bonds. The maximum atomic E-state index is 12.2. The summed E-state index contributed by atoms with van der Waals surface area (Å²) in [5.41, 5.74) is 2.81. The molecule has 0 saturated carbocycles. The number of aromatic nitrogens is 2. The summed E-state index contributed by atoms with van der Waals surface area (Å²) in [6, 6.07) is 7.22. The molecule has 2 heterocycles. The average molecular weight is 303 g/mol. The lowest BCUT2D eigenvalue weighted by Crippen LogP contribution is -2.08. The first kappa shape index (κ1) is 13.6. The molecule has 21 heavy (non-hydrogen) atoms. The van der Waals surface area contributed by atoms with E-state index >= 15 is 0 Å². The highest BCUT2D eigenvalue weighted by molar-refractivity contribution is 6.83. The Balaban J connectivity index is 2.40. The van der Waals surface area contributed by atoms with Crippen LogP contribution in [-0.2, 0) is 4.79 Å². The van der Waals surface area contributed by atoms with Gasteiger partial charge < -0.3 is 9.51 Å². The molecule has 0 bridgehead atoms. The maximum absolute atomic E-state index is 12.2. The number of carbonyl (C=O) groups excluding carboxylic acids is 2. The van der Waals surface area contributed by atoms with Crippen LogP contribution in [0.4, 0.5) is 0 Å². The third-order valence-electron chi connectivity index (χ3n) is 3.40. The van der Waals surface area contributed by atoms with Gasteiger partial charge in [0.25, 0.3) is 5.24 Å². The van der Waals surface area contributed by atoms with Crippen molar-refractivity contribution in [3.63, 3.8) is 0 Å². The van der Waals surface area contributed by atoms with Crippen molar-refractivity contribution in [2.24, 2.45) is 0 Å². The van der Waals surface area contributed by atoms with Gasteiger partial charge in [-0.15, -0.1) is 0 Å². The van der Waals surface area contributed by atoms with Crippen molar-refractivity contribution in [3.05, 3.63) is 41.3 Å². The number of Topliss-reactive ketones (excluding diaryl/α,β-unsaturated/α-hetero) is 1. The summed E-state index contributed by atoms with van der Waals surface area (Å²) >= 11 is 5.39. The highest BCUT2D eigenvalue weighted by Crippen LogP contribution is 2.34. The fraction of sp³-hybridized carbons (Fsp3) is 0.133. The van der Waals surface area contributed by atoms with Gasteiger partial charge in [-0.2, -0.15) is 0 Å². The van der Waals surface area contributed by atoms with E-state index in [2.05, 4.69) is 10.1 Å². The summed E-state index contributed by atoms with van der Waals surface area (Å²) in [6.45, 7) is 3.52.